The molecule has 2 unspecified atom stereocenters. The minimum atomic E-state index is 0.186. The van der Waals surface area contributed by atoms with Gasteiger partial charge in [0.15, 0.2) is 0 Å². The topological polar surface area (TPSA) is 29.3 Å². The van der Waals surface area contributed by atoms with E-state index in [2.05, 4.69) is 37.8 Å². The van der Waals surface area contributed by atoms with Gasteiger partial charge in [-0.15, -0.1) is 0 Å². The molecule has 0 bridgehead atoms. The normalized spacial score (nSPS) is 30.5. The van der Waals surface area contributed by atoms with Crippen molar-refractivity contribution < 1.29 is 0 Å². The van der Waals surface area contributed by atoms with Crippen LogP contribution in [0.3, 0.4) is 0 Å². The summed E-state index contributed by atoms with van der Waals surface area (Å²) in [5.74, 6) is 2.52. The summed E-state index contributed by atoms with van der Waals surface area (Å²) < 4.78 is 0. The molecule has 1 aliphatic heterocycles. The smallest absolute Gasteiger partial charge is 0.0195 e. The summed E-state index contributed by atoms with van der Waals surface area (Å²) in [4.78, 5) is 2.54. The molecule has 2 heteroatoms. The van der Waals surface area contributed by atoms with Crippen molar-refractivity contribution in [2.24, 2.45) is 23.5 Å². The van der Waals surface area contributed by atoms with Crippen molar-refractivity contribution in [2.75, 3.05) is 19.6 Å². The summed E-state index contributed by atoms with van der Waals surface area (Å²) in [6, 6.07) is 0.186. The fraction of sp³-hybridized carbons (Fsp3) is 0.846. The van der Waals surface area contributed by atoms with Gasteiger partial charge in [-0.25, -0.2) is 0 Å². The third-order valence-corrected chi connectivity index (χ3v) is 3.41. The Kier molecular flexibility index (Phi) is 4.81. The Balaban J connectivity index is 2.35. The molecule has 0 aromatic rings. The van der Waals surface area contributed by atoms with Gasteiger partial charge in [0, 0.05) is 25.7 Å². The van der Waals surface area contributed by atoms with Gasteiger partial charge in [0.25, 0.3) is 0 Å². The van der Waals surface area contributed by atoms with Crippen LogP contribution in [0.2, 0.25) is 0 Å². The third-order valence-electron chi connectivity index (χ3n) is 3.41. The maximum Gasteiger partial charge on any atom is 0.0195 e. The second kappa shape index (κ2) is 5.66. The number of nitrogens with two attached hydrogens (primary N) is 1. The molecule has 1 fully saturated rings. The Morgan fingerprint density at radius 3 is 2.47 bits per heavy atom. The highest BCUT2D eigenvalue weighted by Crippen LogP contribution is 2.28. The van der Waals surface area contributed by atoms with Crippen molar-refractivity contribution in [3.63, 3.8) is 0 Å². The number of hydrogen-bond donors (Lipinski definition) is 1. The SMILES string of the molecule is CC(N)/C=C/CN1CC(C(C)C)[C@@H](C)C1. The van der Waals surface area contributed by atoms with E-state index in [-0.39, 0.29) is 6.04 Å². The van der Waals surface area contributed by atoms with Crippen LogP contribution in [-0.2, 0) is 0 Å². The van der Waals surface area contributed by atoms with E-state index < -0.39 is 0 Å². The molecule has 0 amide bonds. The summed E-state index contributed by atoms with van der Waals surface area (Å²) in [5, 5.41) is 0. The molecule has 0 spiro atoms. The molecule has 2 N–H and O–H groups in total. The van der Waals surface area contributed by atoms with Crippen molar-refractivity contribution in [1.29, 1.82) is 0 Å². The van der Waals surface area contributed by atoms with Gasteiger partial charge < -0.3 is 5.73 Å². The third kappa shape index (κ3) is 3.96. The Bertz CT molecular complexity index is 209. The van der Waals surface area contributed by atoms with Crippen molar-refractivity contribution in [2.45, 2.75) is 33.7 Å². The molecule has 2 nitrogen and oxygen atoms in total. The highest BCUT2D eigenvalue weighted by molar-refractivity contribution is 4.93. The number of likely N-dealkylation sites (tertiary alicyclic amines) is 1. The summed E-state index contributed by atoms with van der Waals surface area (Å²) in [6.07, 6.45) is 4.30. The monoisotopic (exact) mass is 210 g/mol. The summed E-state index contributed by atoms with van der Waals surface area (Å²) in [7, 11) is 0. The van der Waals surface area contributed by atoms with E-state index >= 15 is 0 Å². The van der Waals surface area contributed by atoms with Crippen LogP contribution < -0.4 is 5.73 Å². The van der Waals surface area contributed by atoms with Gasteiger partial charge in [0.2, 0.25) is 0 Å². The van der Waals surface area contributed by atoms with Crippen LogP contribution in [0.25, 0.3) is 0 Å². The Hall–Kier alpha value is -0.340. The van der Waals surface area contributed by atoms with Crippen LogP contribution in [0.4, 0.5) is 0 Å². The van der Waals surface area contributed by atoms with Crippen LogP contribution in [0.5, 0.6) is 0 Å². The summed E-state index contributed by atoms with van der Waals surface area (Å²) >= 11 is 0. The lowest BCUT2D eigenvalue weighted by molar-refractivity contribution is 0.318. The molecule has 0 aliphatic carbocycles. The molecule has 0 aromatic heterocycles. The van der Waals surface area contributed by atoms with E-state index in [0.29, 0.717) is 0 Å². The average Bonchev–Trinajstić information content (AvgIpc) is 2.46. The number of rotatable bonds is 4. The maximum absolute atomic E-state index is 5.67. The molecule has 0 aromatic carbocycles. The summed E-state index contributed by atoms with van der Waals surface area (Å²) in [5.41, 5.74) is 5.67. The zero-order chi connectivity index (χ0) is 11.4. The fourth-order valence-corrected chi connectivity index (χ4v) is 2.54. The van der Waals surface area contributed by atoms with Crippen molar-refractivity contribution in [3.05, 3.63) is 12.2 Å². The van der Waals surface area contributed by atoms with Gasteiger partial charge in [0.05, 0.1) is 0 Å². The van der Waals surface area contributed by atoms with Gasteiger partial charge >= 0.3 is 0 Å². The fourth-order valence-electron chi connectivity index (χ4n) is 2.54. The largest absolute Gasteiger partial charge is 0.325 e. The lowest BCUT2D eigenvalue weighted by Crippen LogP contribution is -2.22. The molecule has 15 heavy (non-hydrogen) atoms. The Morgan fingerprint density at radius 2 is 2.00 bits per heavy atom. The first-order valence-corrected chi connectivity index (χ1v) is 6.15. The quantitative estimate of drug-likeness (QED) is 0.720. The van der Waals surface area contributed by atoms with Crippen LogP contribution in [-0.4, -0.2) is 30.6 Å². The molecule has 1 heterocycles. The van der Waals surface area contributed by atoms with Crippen LogP contribution in [0.1, 0.15) is 27.7 Å². The molecule has 0 saturated carbocycles. The number of hydrogen-bond acceptors (Lipinski definition) is 2. The molecule has 0 radical (unpaired) electrons. The van der Waals surface area contributed by atoms with E-state index in [4.69, 9.17) is 5.73 Å². The van der Waals surface area contributed by atoms with E-state index in [0.717, 1.165) is 24.3 Å². The molecular weight excluding hydrogens is 184 g/mol. The van der Waals surface area contributed by atoms with Crippen LogP contribution in [0.15, 0.2) is 12.2 Å². The Morgan fingerprint density at radius 1 is 1.33 bits per heavy atom. The van der Waals surface area contributed by atoms with E-state index in [1.54, 1.807) is 0 Å². The van der Waals surface area contributed by atoms with Crippen molar-refractivity contribution in [3.8, 4) is 0 Å². The van der Waals surface area contributed by atoms with Gasteiger partial charge in [-0.1, -0.05) is 32.9 Å². The minimum Gasteiger partial charge on any atom is -0.325 e. The van der Waals surface area contributed by atoms with Gasteiger partial charge in [-0.3, -0.25) is 4.90 Å². The van der Waals surface area contributed by atoms with E-state index in [1.807, 2.05) is 6.92 Å². The van der Waals surface area contributed by atoms with Gasteiger partial charge in [0.1, 0.15) is 0 Å². The van der Waals surface area contributed by atoms with Crippen LogP contribution in [0, 0.1) is 17.8 Å². The lowest BCUT2D eigenvalue weighted by Gasteiger charge is -2.18. The van der Waals surface area contributed by atoms with E-state index in [1.165, 1.54) is 13.1 Å². The summed E-state index contributed by atoms with van der Waals surface area (Å²) in [6.45, 7) is 12.6. The highest BCUT2D eigenvalue weighted by atomic mass is 15.1. The first-order valence-electron chi connectivity index (χ1n) is 6.15. The van der Waals surface area contributed by atoms with Gasteiger partial charge in [-0.2, -0.15) is 0 Å². The molecule has 1 aliphatic rings. The molecular formula is C13H26N2. The van der Waals surface area contributed by atoms with Crippen molar-refractivity contribution >= 4 is 0 Å². The Labute approximate surface area is 94.5 Å². The van der Waals surface area contributed by atoms with Gasteiger partial charge in [-0.05, 0) is 24.7 Å². The first kappa shape index (κ1) is 12.7. The second-order valence-electron chi connectivity index (χ2n) is 5.39. The number of nitrogens with zero attached hydrogens (tertiary/aromatic N) is 1. The zero-order valence-corrected chi connectivity index (χ0v) is 10.6. The molecule has 88 valence electrons. The van der Waals surface area contributed by atoms with Crippen molar-refractivity contribution in [1.82, 2.24) is 4.90 Å². The predicted molar refractivity (Wildman–Crippen MR) is 66.7 cm³/mol. The standard InChI is InChI=1S/C13H26N2/c1-10(2)13-9-15(8-11(13)3)7-5-6-12(4)14/h5-6,10-13H,7-9,14H2,1-4H3/b6-5+/t11-,12?,13?/m0/s1. The first-order chi connectivity index (χ1) is 7.00. The average molecular weight is 210 g/mol. The maximum atomic E-state index is 5.67. The molecule has 1 saturated heterocycles. The predicted octanol–water partition coefficient (Wildman–Crippen LogP) is 2.11. The highest BCUT2D eigenvalue weighted by Gasteiger charge is 2.30. The lowest BCUT2D eigenvalue weighted by atomic mass is 9.88. The van der Waals surface area contributed by atoms with E-state index in [9.17, 15) is 0 Å². The van der Waals surface area contributed by atoms with Crippen LogP contribution >= 0.6 is 0 Å². The molecule has 1 rings (SSSR count). The molecule has 3 atom stereocenters. The minimum absolute atomic E-state index is 0.186. The second-order valence-corrected chi connectivity index (χ2v) is 5.39. The zero-order valence-electron chi connectivity index (χ0n) is 10.6.